The van der Waals surface area contributed by atoms with Crippen molar-refractivity contribution in [3.8, 4) is 5.88 Å². The molecule has 2 aromatic rings. The number of aromatic nitrogens is 1. The van der Waals surface area contributed by atoms with Crippen molar-refractivity contribution in [2.45, 2.75) is 26.1 Å². The number of sulfone groups is 1. The topological polar surface area (TPSA) is 68.3 Å². The molecule has 0 atom stereocenters. The van der Waals surface area contributed by atoms with E-state index in [0.29, 0.717) is 12.4 Å². The molecule has 0 radical (unpaired) electrons. The summed E-state index contributed by atoms with van der Waals surface area (Å²) in [7, 11) is -1.48. The van der Waals surface area contributed by atoms with Gasteiger partial charge in [-0.15, -0.1) is 0 Å². The van der Waals surface area contributed by atoms with Crippen molar-refractivity contribution in [2.24, 2.45) is 0 Å². The quantitative estimate of drug-likeness (QED) is 0.880. The third-order valence-electron chi connectivity index (χ3n) is 3.54. The summed E-state index contributed by atoms with van der Waals surface area (Å²) in [4.78, 5) is 4.51. The zero-order valence-electron chi connectivity index (χ0n) is 13.9. The fourth-order valence-electron chi connectivity index (χ4n) is 2.43. The van der Waals surface area contributed by atoms with Gasteiger partial charge < -0.3 is 10.1 Å². The van der Waals surface area contributed by atoms with Gasteiger partial charge in [0.15, 0.2) is 9.84 Å². The zero-order valence-corrected chi connectivity index (χ0v) is 14.7. The lowest BCUT2D eigenvalue weighted by Crippen LogP contribution is -2.09. The van der Waals surface area contributed by atoms with Crippen LogP contribution in [-0.2, 0) is 22.1 Å². The first kappa shape index (κ1) is 17.3. The second-order valence-electron chi connectivity index (χ2n) is 5.66. The molecule has 1 aromatic carbocycles. The average Bonchev–Trinajstić information content (AvgIpc) is 2.46. The smallest absolute Gasteiger partial charge is 0.216 e. The highest BCUT2D eigenvalue weighted by Crippen LogP contribution is 2.21. The predicted octanol–water partition coefficient (Wildman–Crippen LogP) is 2.86. The van der Waals surface area contributed by atoms with E-state index < -0.39 is 9.84 Å². The van der Waals surface area contributed by atoms with Gasteiger partial charge >= 0.3 is 0 Å². The number of rotatable bonds is 6. The van der Waals surface area contributed by atoms with Crippen LogP contribution < -0.4 is 10.1 Å². The summed E-state index contributed by atoms with van der Waals surface area (Å²) in [6, 6.07) is 9.44. The van der Waals surface area contributed by atoms with E-state index in [1.807, 2.05) is 44.2 Å². The molecule has 0 spiro atoms. The normalized spacial score (nSPS) is 11.3. The van der Waals surface area contributed by atoms with Gasteiger partial charge in [-0.2, -0.15) is 0 Å². The third kappa shape index (κ3) is 4.69. The van der Waals surface area contributed by atoms with Crippen molar-refractivity contribution in [2.75, 3.05) is 18.7 Å². The fourth-order valence-corrected chi connectivity index (χ4v) is 3.25. The number of aryl methyl sites for hydroxylation is 2. The Morgan fingerprint density at radius 2 is 1.87 bits per heavy atom. The van der Waals surface area contributed by atoms with E-state index in [9.17, 15) is 8.42 Å². The molecule has 0 bridgehead atoms. The van der Waals surface area contributed by atoms with Crippen molar-refractivity contribution < 1.29 is 13.2 Å². The van der Waals surface area contributed by atoms with Gasteiger partial charge in [-0.3, -0.25) is 0 Å². The SMILES string of the molecule is COc1nc(CNc2ccccc2CS(C)(=O)=O)c(C)cc1C. The van der Waals surface area contributed by atoms with E-state index in [1.54, 1.807) is 7.11 Å². The number of hydrogen-bond donors (Lipinski definition) is 1. The van der Waals surface area contributed by atoms with Gasteiger partial charge in [0, 0.05) is 17.5 Å². The minimum absolute atomic E-state index is 0.0137. The molecule has 0 saturated carbocycles. The Bertz CT molecular complexity index is 801. The van der Waals surface area contributed by atoms with Crippen LogP contribution in [0.4, 0.5) is 5.69 Å². The second kappa shape index (κ2) is 7.00. The number of anilines is 1. The van der Waals surface area contributed by atoms with Crippen LogP contribution >= 0.6 is 0 Å². The summed E-state index contributed by atoms with van der Waals surface area (Å²) in [6.07, 6.45) is 1.24. The van der Waals surface area contributed by atoms with Gasteiger partial charge in [0.2, 0.25) is 5.88 Å². The lowest BCUT2D eigenvalue weighted by atomic mass is 10.1. The summed E-state index contributed by atoms with van der Waals surface area (Å²) in [5.41, 5.74) is 4.50. The predicted molar refractivity (Wildman–Crippen MR) is 92.6 cm³/mol. The maximum Gasteiger partial charge on any atom is 0.216 e. The van der Waals surface area contributed by atoms with Crippen LogP contribution in [0.15, 0.2) is 30.3 Å². The Morgan fingerprint density at radius 3 is 2.52 bits per heavy atom. The molecule has 0 aliphatic heterocycles. The molecular formula is C17H22N2O3S. The van der Waals surface area contributed by atoms with Crippen molar-refractivity contribution >= 4 is 15.5 Å². The van der Waals surface area contributed by atoms with Gasteiger partial charge in [0.25, 0.3) is 0 Å². The Balaban J connectivity index is 2.22. The molecule has 0 aliphatic rings. The van der Waals surface area contributed by atoms with E-state index in [2.05, 4.69) is 10.3 Å². The molecule has 0 amide bonds. The van der Waals surface area contributed by atoms with Crippen LogP contribution in [0, 0.1) is 13.8 Å². The van der Waals surface area contributed by atoms with Gasteiger partial charge in [-0.1, -0.05) is 18.2 Å². The van der Waals surface area contributed by atoms with E-state index in [1.165, 1.54) is 6.26 Å². The molecule has 124 valence electrons. The molecule has 0 saturated heterocycles. The number of para-hydroxylation sites is 1. The summed E-state index contributed by atoms with van der Waals surface area (Å²) in [6.45, 7) is 4.46. The monoisotopic (exact) mass is 334 g/mol. The Kier molecular flexibility index (Phi) is 5.26. The number of benzene rings is 1. The summed E-state index contributed by atoms with van der Waals surface area (Å²) in [5, 5.41) is 3.28. The number of ether oxygens (including phenoxy) is 1. The van der Waals surface area contributed by atoms with Crippen LogP contribution in [-0.4, -0.2) is 26.8 Å². The summed E-state index contributed by atoms with van der Waals surface area (Å²) >= 11 is 0. The molecule has 1 heterocycles. The van der Waals surface area contributed by atoms with E-state index in [4.69, 9.17) is 4.74 Å². The number of pyridine rings is 1. The van der Waals surface area contributed by atoms with Gasteiger partial charge in [-0.05, 0) is 37.1 Å². The summed E-state index contributed by atoms with van der Waals surface area (Å²) < 4.78 is 28.4. The first-order valence-corrected chi connectivity index (χ1v) is 9.37. The largest absolute Gasteiger partial charge is 0.481 e. The maximum absolute atomic E-state index is 11.5. The number of methoxy groups -OCH3 is 1. The highest BCUT2D eigenvalue weighted by Gasteiger charge is 2.11. The van der Waals surface area contributed by atoms with E-state index in [-0.39, 0.29) is 5.75 Å². The minimum atomic E-state index is -3.08. The van der Waals surface area contributed by atoms with Gasteiger partial charge in [-0.25, -0.2) is 13.4 Å². The second-order valence-corrected chi connectivity index (χ2v) is 7.80. The number of hydrogen-bond acceptors (Lipinski definition) is 5. The molecule has 0 aliphatic carbocycles. The molecule has 1 N–H and O–H groups in total. The van der Waals surface area contributed by atoms with Gasteiger partial charge in [0.1, 0.15) is 0 Å². The van der Waals surface area contributed by atoms with Crippen LogP contribution in [0.1, 0.15) is 22.4 Å². The highest BCUT2D eigenvalue weighted by atomic mass is 32.2. The average molecular weight is 334 g/mol. The molecular weight excluding hydrogens is 312 g/mol. The fraction of sp³-hybridized carbons (Fsp3) is 0.353. The minimum Gasteiger partial charge on any atom is -0.481 e. The van der Waals surface area contributed by atoms with Crippen molar-refractivity contribution in [1.29, 1.82) is 0 Å². The van der Waals surface area contributed by atoms with Crippen LogP contribution in [0.2, 0.25) is 0 Å². The zero-order chi connectivity index (χ0) is 17.0. The van der Waals surface area contributed by atoms with Crippen LogP contribution in [0.25, 0.3) is 0 Å². The van der Waals surface area contributed by atoms with Gasteiger partial charge in [0.05, 0.1) is 25.1 Å². The van der Waals surface area contributed by atoms with Crippen LogP contribution in [0.3, 0.4) is 0 Å². The highest BCUT2D eigenvalue weighted by molar-refractivity contribution is 7.89. The van der Waals surface area contributed by atoms with Crippen molar-refractivity contribution in [3.63, 3.8) is 0 Å². The number of nitrogens with zero attached hydrogens (tertiary/aromatic N) is 1. The van der Waals surface area contributed by atoms with E-state index in [0.717, 1.165) is 28.1 Å². The lowest BCUT2D eigenvalue weighted by Gasteiger charge is -2.14. The maximum atomic E-state index is 11.5. The Hall–Kier alpha value is -2.08. The Morgan fingerprint density at radius 1 is 1.17 bits per heavy atom. The van der Waals surface area contributed by atoms with E-state index >= 15 is 0 Å². The Labute approximate surface area is 137 Å². The first-order valence-electron chi connectivity index (χ1n) is 7.31. The first-order chi connectivity index (χ1) is 10.8. The molecule has 2 rings (SSSR count). The third-order valence-corrected chi connectivity index (χ3v) is 4.37. The van der Waals surface area contributed by atoms with Crippen LogP contribution in [0.5, 0.6) is 5.88 Å². The standard InChI is InChI=1S/C17H22N2O3S/c1-12-9-13(2)17(22-3)19-16(12)10-18-15-8-6-5-7-14(15)11-23(4,20)21/h5-9,18H,10-11H2,1-4H3. The van der Waals surface area contributed by atoms with Crippen molar-refractivity contribution in [1.82, 2.24) is 4.98 Å². The lowest BCUT2D eigenvalue weighted by molar-refractivity contribution is 0.393. The molecule has 23 heavy (non-hydrogen) atoms. The molecule has 5 nitrogen and oxygen atoms in total. The molecule has 0 unspecified atom stereocenters. The molecule has 0 fully saturated rings. The molecule has 1 aromatic heterocycles. The van der Waals surface area contributed by atoms with Crippen molar-refractivity contribution in [3.05, 3.63) is 52.7 Å². The number of nitrogens with one attached hydrogen (secondary N) is 1. The summed E-state index contributed by atoms with van der Waals surface area (Å²) in [5.74, 6) is 0.622. The molecule has 6 heteroatoms.